The molecule has 0 bridgehead atoms. The molecule has 316 valence electrons. The molecule has 0 atom stereocenters. The molecule has 8 aromatic rings. The Kier molecular flexibility index (Phi) is 9.91. The molecule has 0 aromatic heterocycles. The van der Waals surface area contributed by atoms with Crippen molar-refractivity contribution in [3.8, 4) is 0 Å². The van der Waals surface area contributed by atoms with Crippen LogP contribution in [0.25, 0.3) is 0 Å². The molecular weight excluding hydrogens is 771 g/mol. The first-order chi connectivity index (χ1) is 30.7. The molecule has 8 aromatic carbocycles. The first kappa shape index (κ1) is 41.4. The van der Waals surface area contributed by atoms with Gasteiger partial charge in [0, 0.05) is 34.1 Å². The molecule has 0 spiro atoms. The van der Waals surface area contributed by atoms with Crippen LogP contribution in [0.5, 0.6) is 0 Å². The molecule has 10 rings (SSSR count). The average molecular weight is 831 g/mol. The highest BCUT2D eigenvalue weighted by Gasteiger charge is 2.44. The molecule has 2 heterocycles. The molecule has 2 aliphatic rings. The number of rotatable bonds is 6. The van der Waals surface area contributed by atoms with Crippen LogP contribution in [-0.4, -0.2) is 6.71 Å². The molecule has 2 aliphatic heterocycles. The van der Waals surface area contributed by atoms with Gasteiger partial charge in [-0.1, -0.05) is 208 Å². The van der Waals surface area contributed by atoms with E-state index < -0.39 is 5.41 Å². The van der Waals surface area contributed by atoms with Gasteiger partial charge in [-0.3, -0.25) is 0 Å². The Balaban J connectivity index is 1.22. The summed E-state index contributed by atoms with van der Waals surface area (Å²) < 4.78 is 0. The van der Waals surface area contributed by atoms with E-state index in [1.165, 1.54) is 83.8 Å². The van der Waals surface area contributed by atoms with Gasteiger partial charge in [-0.05, 0) is 120 Å². The molecule has 0 amide bonds. The van der Waals surface area contributed by atoms with Crippen molar-refractivity contribution in [1.82, 2.24) is 0 Å². The highest BCUT2D eigenvalue weighted by atomic mass is 15.2. The van der Waals surface area contributed by atoms with Crippen LogP contribution in [0.2, 0.25) is 0 Å². The lowest BCUT2D eigenvalue weighted by molar-refractivity contribution is 0.590. The topological polar surface area (TPSA) is 6.48 Å². The fraction of sp³-hybridized carbons (Fsp3) is 0.213. The number of nitrogens with zero attached hydrogens (tertiary/aromatic N) is 2. The zero-order valence-corrected chi connectivity index (χ0v) is 38.9. The Labute approximate surface area is 382 Å². The van der Waals surface area contributed by atoms with Crippen molar-refractivity contribution in [2.45, 2.75) is 84.0 Å². The number of fused-ring (bicyclic) bond motifs is 4. The van der Waals surface area contributed by atoms with E-state index in [4.69, 9.17) is 0 Å². The Morgan fingerprint density at radius 2 is 0.625 bits per heavy atom. The van der Waals surface area contributed by atoms with Gasteiger partial charge in [0.25, 0.3) is 6.71 Å². The SMILES string of the molecule is CC(C)(C)c1ccc(N2c3ccc(C(C)(C)C)cc3B3c4cc(C(C)(C)C)ccc4N(c4ccc(C(c5ccccc5)(c5ccccc5)c5ccccc5)cc4)c4cccc2c43)cc1. The minimum absolute atomic E-state index is 0.0129. The number of hydrogen-bond donors (Lipinski definition) is 0. The highest BCUT2D eigenvalue weighted by molar-refractivity contribution is 7.00. The van der Waals surface area contributed by atoms with Crippen molar-refractivity contribution < 1.29 is 0 Å². The normalized spacial score (nSPS) is 13.6. The molecule has 0 fully saturated rings. The summed E-state index contributed by atoms with van der Waals surface area (Å²) in [7, 11) is 0. The minimum Gasteiger partial charge on any atom is -0.311 e. The molecule has 0 aliphatic carbocycles. The lowest BCUT2D eigenvalue weighted by atomic mass is 9.33. The van der Waals surface area contributed by atoms with Crippen LogP contribution in [-0.2, 0) is 21.7 Å². The van der Waals surface area contributed by atoms with E-state index in [2.05, 4.69) is 266 Å². The zero-order valence-electron chi connectivity index (χ0n) is 38.9. The van der Waals surface area contributed by atoms with E-state index in [1.54, 1.807) is 0 Å². The Hall–Kier alpha value is -6.58. The molecule has 0 N–H and O–H groups in total. The van der Waals surface area contributed by atoms with Gasteiger partial charge < -0.3 is 9.80 Å². The van der Waals surface area contributed by atoms with Gasteiger partial charge in [0.1, 0.15) is 0 Å². The molecule has 0 unspecified atom stereocenters. The summed E-state index contributed by atoms with van der Waals surface area (Å²) in [6.45, 7) is 20.9. The van der Waals surface area contributed by atoms with Crippen LogP contribution in [0.3, 0.4) is 0 Å². The lowest BCUT2D eigenvalue weighted by Crippen LogP contribution is -2.61. The smallest absolute Gasteiger partial charge is 0.252 e. The van der Waals surface area contributed by atoms with E-state index in [9.17, 15) is 0 Å². The van der Waals surface area contributed by atoms with Crippen LogP contribution in [0.1, 0.15) is 101 Å². The first-order valence-electron chi connectivity index (χ1n) is 23.1. The molecular formula is C61H59BN2. The molecule has 64 heavy (non-hydrogen) atoms. The van der Waals surface area contributed by atoms with Crippen LogP contribution < -0.4 is 26.2 Å². The van der Waals surface area contributed by atoms with Crippen molar-refractivity contribution in [2.75, 3.05) is 9.80 Å². The monoisotopic (exact) mass is 830 g/mol. The van der Waals surface area contributed by atoms with E-state index in [0.29, 0.717) is 0 Å². The summed E-state index contributed by atoms with van der Waals surface area (Å²) in [5, 5.41) is 0. The van der Waals surface area contributed by atoms with Crippen molar-refractivity contribution >= 4 is 57.2 Å². The van der Waals surface area contributed by atoms with Crippen LogP contribution in [0.15, 0.2) is 194 Å². The lowest BCUT2D eigenvalue weighted by Gasteiger charge is -2.45. The molecule has 0 saturated carbocycles. The number of anilines is 6. The summed E-state index contributed by atoms with van der Waals surface area (Å²) >= 11 is 0. The average Bonchev–Trinajstić information content (AvgIpc) is 3.29. The second-order valence-electron chi connectivity index (χ2n) is 21.1. The first-order valence-corrected chi connectivity index (χ1v) is 23.1. The van der Waals surface area contributed by atoms with Gasteiger partial charge in [0.05, 0.1) is 5.41 Å². The van der Waals surface area contributed by atoms with Gasteiger partial charge in [-0.25, -0.2) is 0 Å². The fourth-order valence-electron chi connectivity index (χ4n) is 10.5. The molecule has 2 nitrogen and oxygen atoms in total. The second-order valence-corrected chi connectivity index (χ2v) is 21.1. The maximum Gasteiger partial charge on any atom is 0.252 e. The maximum absolute atomic E-state index is 2.54. The van der Waals surface area contributed by atoms with Gasteiger partial charge in [0.15, 0.2) is 0 Å². The largest absolute Gasteiger partial charge is 0.311 e. The molecule has 3 heteroatoms. The fourth-order valence-corrected chi connectivity index (χ4v) is 10.5. The second kappa shape index (κ2) is 15.3. The summed E-state index contributed by atoms with van der Waals surface area (Å²) in [4.78, 5) is 5.06. The van der Waals surface area contributed by atoms with Gasteiger partial charge in [-0.2, -0.15) is 0 Å². The summed E-state index contributed by atoms with van der Waals surface area (Å²) in [5.41, 5.74) is 19.7. The van der Waals surface area contributed by atoms with Crippen LogP contribution in [0, 0.1) is 0 Å². The van der Waals surface area contributed by atoms with E-state index in [0.717, 1.165) is 5.69 Å². The highest BCUT2D eigenvalue weighted by Crippen LogP contribution is 2.48. The maximum atomic E-state index is 2.54. The Morgan fingerprint density at radius 1 is 0.297 bits per heavy atom. The minimum atomic E-state index is -0.530. The molecule has 0 radical (unpaired) electrons. The van der Waals surface area contributed by atoms with Crippen molar-refractivity contribution in [3.05, 3.63) is 233 Å². The predicted molar refractivity (Wildman–Crippen MR) is 275 cm³/mol. The summed E-state index contributed by atoms with van der Waals surface area (Å²) in [6.07, 6.45) is 0. The number of benzene rings is 8. The zero-order chi connectivity index (χ0) is 44.6. The van der Waals surface area contributed by atoms with Crippen molar-refractivity contribution in [3.63, 3.8) is 0 Å². The summed E-state index contributed by atoms with van der Waals surface area (Å²) in [6, 6.07) is 73.3. The van der Waals surface area contributed by atoms with E-state index >= 15 is 0 Å². The quantitative estimate of drug-likeness (QED) is 0.122. The van der Waals surface area contributed by atoms with Gasteiger partial charge in [0.2, 0.25) is 0 Å². The third-order valence-corrected chi connectivity index (χ3v) is 13.9. The van der Waals surface area contributed by atoms with Crippen LogP contribution >= 0.6 is 0 Å². The van der Waals surface area contributed by atoms with Crippen molar-refractivity contribution in [2.24, 2.45) is 0 Å². The Morgan fingerprint density at radius 3 is 0.984 bits per heavy atom. The van der Waals surface area contributed by atoms with Crippen molar-refractivity contribution in [1.29, 1.82) is 0 Å². The van der Waals surface area contributed by atoms with E-state index in [-0.39, 0.29) is 23.0 Å². The molecule has 0 saturated heterocycles. The Bertz CT molecular complexity index is 2870. The number of hydrogen-bond acceptors (Lipinski definition) is 2. The third kappa shape index (κ3) is 6.80. The third-order valence-electron chi connectivity index (χ3n) is 13.9. The van der Waals surface area contributed by atoms with Gasteiger partial charge >= 0.3 is 0 Å². The van der Waals surface area contributed by atoms with Crippen LogP contribution in [0.4, 0.5) is 34.1 Å². The predicted octanol–water partition coefficient (Wildman–Crippen LogP) is 14.0. The standard InChI is InChI=1S/C61H59BN2/c1-58(2,3)42-28-34-49(35-29-42)63-53-38-32-47(59(4,5)6)40-51(53)62-52-41-48(60(7,8)9)33-39-54(52)64(56-27-19-26-55(63)57(56)62)50-36-30-46(31-37-50)61(43-20-13-10-14-21-43,44-22-15-11-16-23-44)45-24-17-12-18-25-45/h10-41H,1-9H3. The van der Waals surface area contributed by atoms with E-state index in [1.807, 2.05) is 0 Å². The van der Waals surface area contributed by atoms with Gasteiger partial charge in [-0.15, -0.1) is 0 Å². The summed E-state index contributed by atoms with van der Waals surface area (Å²) in [5.74, 6) is 0.